The molecule has 0 radical (unpaired) electrons. The van der Waals surface area contributed by atoms with Crippen molar-refractivity contribution in [2.24, 2.45) is 0 Å². The molecule has 13 rings (SSSR count). The summed E-state index contributed by atoms with van der Waals surface area (Å²) in [7, 11) is 0. The first kappa shape index (κ1) is 27.9. The Morgan fingerprint density at radius 2 is 1.02 bits per heavy atom. The summed E-state index contributed by atoms with van der Waals surface area (Å²) in [6, 6.07) is 60.2. The Bertz CT molecular complexity index is 3530. The van der Waals surface area contributed by atoms with Crippen LogP contribution >= 0.6 is 11.3 Å². The predicted molar refractivity (Wildman–Crippen MR) is 225 cm³/mol. The Balaban J connectivity index is 1.08. The third-order valence-electron chi connectivity index (χ3n) is 11.6. The number of fused-ring (bicyclic) bond motifs is 17. The molecular formula is C49H27N3S. The molecule has 4 heterocycles. The van der Waals surface area contributed by atoms with E-state index in [0.717, 1.165) is 22.4 Å². The Kier molecular flexibility index (Phi) is 5.25. The van der Waals surface area contributed by atoms with Gasteiger partial charge in [0.1, 0.15) is 5.65 Å². The largest absolute Gasteiger partial charge is 0.308 e. The van der Waals surface area contributed by atoms with Crippen molar-refractivity contribution in [1.82, 2.24) is 14.0 Å². The van der Waals surface area contributed by atoms with Gasteiger partial charge in [0.05, 0.1) is 37.0 Å². The lowest BCUT2D eigenvalue weighted by molar-refractivity contribution is 1.19. The van der Waals surface area contributed by atoms with Gasteiger partial charge in [-0.15, -0.1) is 11.3 Å². The monoisotopic (exact) mass is 689 g/mol. The number of benzene rings is 8. The molecular weight excluding hydrogens is 663 g/mol. The second-order valence-corrected chi connectivity index (χ2v) is 15.3. The molecule has 0 spiro atoms. The standard InChI is InChI=1S/C49H27N3S/c1-2-11-32-31(10-1)35-16-9-15-34-30(24-25-36(32)44(34)35)28-20-22-29(23-21-28)51-42-18-7-5-12-33(42)37-26-27-40-46-47(53-48(40)45(37)51)38-13-3-4-14-39(38)49-50-41-17-6-8-19-43(41)52(46)49/h1-27H. The Morgan fingerprint density at radius 3 is 1.87 bits per heavy atom. The average molecular weight is 690 g/mol. The highest BCUT2D eigenvalue weighted by Crippen LogP contribution is 2.50. The van der Waals surface area contributed by atoms with Gasteiger partial charge in [-0.2, -0.15) is 0 Å². The lowest BCUT2D eigenvalue weighted by Crippen LogP contribution is -1.94. The van der Waals surface area contributed by atoms with Crippen molar-refractivity contribution in [3.8, 4) is 39.1 Å². The molecule has 0 fully saturated rings. The zero-order valence-electron chi connectivity index (χ0n) is 28.3. The van der Waals surface area contributed by atoms with Crippen molar-refractivity contribution < 1.29 is 0 Å². The molecule has 1 aliphatic rings. The molecule has 0 aliphatic heterocycles. The van der Waals surface area contributed by atoms with Crippen LogP contribution in [0.1, 0.15) is 0 Å². The van der Waals surface area contributed by atoms with Crippen LogP contribution < -0.4 is 0 Å². The van der Waals surface area contributed by atoms with Gasteiger partial charge in [0.15, 0.2) is 0 Å². The number of thiophene rings is 1. The first-order valence-corrected chi connectivity index (χ1v) is 19.0. The molecule has 12 aromatic rings. The van der Waals surface area contributed by atoms with Gasteiger partial charge in [-0.1, -0.05) is 133 Å². The van der Waals surface area contributed by atoms with Gasteiger partial charge < -0.3 is 4.57 Å². The van der Waals surface area contributed by atoms with E-state index < -0.39 is 0 Å². The first-order chi connectivity index (χ1) is 26.3. The highest BCUT2D eigenvalue weighted by molar-refractivity contribution is 7.27. The van der Waals surface area contributed by atoms with E-state index in [1.807, 2.05) is 11.3 Å². The quantitative estimate of drug-likeness (QED) is 0.177. The Hall–Kier alpha value is -6.75. The van der Waals surface area contributed by atoms with Crippen LogP contribution in [0.5, 0.6) is 0 Å². The topological polar surface area (TPSA) is 22.2 Å². The molecule has 8 aromatic carbocycles. The lowest BCUT2D eigenvalue weighted by Gasteiger charge is -2.12. The molecule has 0 bridgehead atoms. The number of nitrogens with zero attached hydrogens (tertiary/aromatic N) is 3. The summed E-state index contributed by atoms with van der Waals surface area (Å²) in [4.78, 5) is 5.18. The summed E-state index contributed by atoms with van der Waals surface area (Å²) in [5.41, 5.74) is 15.8. The van der Waals surface area contributed by atoms with E-state index in [0.29, 0.717) is 0 Å². The van der Waals surface area contributed by atoms with Crippen molar-refractivity contribution in [2.75, 3.05) is 0 Å². The van der Waals surface area contributed by atoms with E-state index in [2.05, 4.69) is 173 Å². The van der Waals surface area contributed by atoms with Crippen LogP contribution in [-0.2, 0) is 0 Å². The highest BCUT2D eigenvalue weighted by atomic mass is 32.1. The normalized spacial score (nSPS) is 12.5. The summed E-state index contributed by atoms with van der Waals surface area (Å²) < 4.78 is 7.47. The summed E-state index contributed by atoms with van der Waals surface area (Å²) in [6.45, 7) is 0. The van der Waals surface area contributed by atoms with Crippen LogP contribution in [0.3, 0.4) is 0 Å². The number of hydrogen-bond donors (Lipinski definition) is 0. The van der Waals surface area contributed by atoms with Crippen molar-refractivity contribution >= 4 is 91.7 Å². The number of aromatic nitrogens is 3. The third-order valence-corrected chi connectivity index (χ3v) is 12.9. The van der Waals surface area contributed by atoms with Crippen LogP contribution in [0, 0.1) is 0 Å². The maximum Gasteiger partial charge on any atom is 0.146 e. The van der Waals surface area contributed by atoms with Crippen LogP contribution in [-0.4, -0.2) is 14.0 Å². The summed E-state index contributed by atoms with van der Waals surface area (Å²) in [5.74, 6) is 0. The van der Waals surface area contributed by atoms with E-state index >= 15 is 0 Å². The minimum Gasteiger partial charge on any atom is -0.308 e. The zero-order chi connectivity index (χ0) is 34.4. The predicted octanol–water partition coefficient (Wildman–Crippen LogP) is 13.6. The van der Waals surface area contributed by atoms with Crippen LogP contribution in [0.2, 0.25) is 0 Å². The summed E-state index contributed by atoms with van der Waals surface area (Å²) in [6.07, 6.45) is 0. The fourth-order valence-corrected chi connectivity index (χ4v) is 10.8. The van der Waals surface area contributed by atoms with Gasteiger partial charge in [-0.3, -0.25) is 4.40 Å². The van der Waals surface area contributed by atoms with E-state index in [4.69, 9.17) is 4.98 Å². The second kappa shape index (κ2) is 9.97. The summed E-state index contributed by atoms with van der Waals surface area (Å²) in [5, 5.41) is 8.89. The highest BCUT2D eigenvalue weighted by Gasteiger charge is 2.24. The molecule has 4 aromatic heterocycles. The number of para-hydroxylation sites is 3. The van der Waals surface area contributed by atoms with Gasteiger partial charge >= 0.3 is 0 Å². The number of rotatable bonds is 2. The van der Waals surface area contributed by atoms with Gasteiger partial charge in [0.25, 0.3) is 0 Å². The molecule has 53 heavy (non-hydrogen) atoms. The fourth-order valence-electron chi connectivity index (χ4n) is 9.42. The summed E-state index contributed by atoms with van der Waals surface area (Å²) >= 11 is 1.91. The minimum atomic E-state index is 1.01. The van der Waals surface area contributed by atoms with E-state index in [1.54, 1.807) is 0 Å². The van der Waals surface area contributed by atoms with Crippen LogP contribution in [0.4, 0.5) is 0 Å². The molecule has 0 saturated heterocycles. The molecule has 0 N–H and O–H groups in total. The number of hydrogen-bond acceptors (Lipinski definition) is 2. The molecule has 4 heteroatoms. The van der Waals surface area contributed by atoms with Crippen LogP contribution in [0.15, 0.2) is 164 Å². The van der Waals surface area contributed by atoms with Crippen molar-refractivity contribution in [3.05, 3.63) is 164 Å². The maximum atomic E-state index is 5.18. The maximum absolute atomic E-state index is 5.18. The number of pyridine rings is 1. The van der Waals surface area contributed by atoms with Gasteiger partial charge in [0.2, 0.25) is 0 Å². The third kappa shape index (κ3) is 3.51. The molecule has 0 saturated carbocycles. The molecule has 0 unspecified atom stereocenters. The molecule has 244 valence electrons. The fraction of sp³-hybridized carbons (Fsp3) is 0. The van der Waals surface area contributed by atoms with Crippen LogP contribution in [0.25, 0.3) is 119 Å². The molecule has 0 amide bonds. The lowest BCUT2D eigenvalue weighted by atomic mass is 9.94. The SMILES string of the molecule is c1ccc2c(c1)-c1cccc3c(-c4ccc(-n5c6ccccc6c6ccc7c(sc8c9ccccc9c9nc%10ccccc%10n9c78)c65)cc4)ccc-2c13. The number of imidazole rings is 1. The smallest absolute Gasteiger partial charge is 0.146 e. The van der Waals surface area contributed by atoms with Crippen molar-refractivity contribution in [3.63, 3.8) is 0 Å². The molecule has 3 nitrogen and oxygen atoms in total. The van der Waals surface area contributed by atoms with Crippen molar-refractivity contribution in [2.45, 2.75) is 0 Å². The second-order valence-electron chi connectivity index (χ2n) is 14.3. The molecule has 1 aliphatic carbocycles. The molecule has 0 atom stereocenters. The Morgan fingerprint density at radius 1 is 0.396 bits per heavy atom. The van der Waals surface area contributed by atoms with Crippen molar-refractivity contribution in [1.29, 1.82) is 0 Å². The minimum absolute atomic E-state index is 1.01. The van der Waals surface area contributed by atoms with Gasteiger partial charge in [0, 0.05) is 32.6 Å². The van der Waals surface area contributed by atoms with Gasteiger partial charge in [-0.05, 0) is 74.5 Å². The van der Waals surface area contributed by atoms with Gasteiger partial charge in [-0.25, -0.2) is 4.98 Å². The van der Waals surface area contributed by atoms with E-state index in [9.17, 15) is 0 Å². The first-order valence-electron chi connectivity index (χ1n) is 18.1. The zero-order valence-corrected chi connectivity index (χ0v) is 29.2. The van der Waals surface area contributed by atoms with E-state index in [-0.39, 0.29) is 0 Å². The average Bonchev–Trinajstić information content (AvgIpc) is 3.97. The van der Waals surface area contributed by atoms with E-state index in [1.165, 1.54) is 97.0 Å². The Labute approximate surface area is 307 Å².